The first kappa shape index (κ1) is 80.2. The molecule has 0 unspecified atom stereocenters. The topological polar surface area (TPSA) is 265 Å². The van der Waals surface area contributed by atoms with Crippen molar-refractivity contribution in [1.29, 1.82) is 0 Å². The van der Waals surface area contributed by atoms with Gasteiger partial charge in [0.25, 0.3) is 10.1 Å². The molecular weight excluding hydrogens is 1140 g/mol. The summed E-state index contributed by atoms with van der Waals surface area (Å²) in [7, 11) is -3.44. The van der Waals surface area contributed by atoms with Crippen molar-refractivity contribution in [3.63, 3.8) is 0 Å². The Morgan fingerprint density at radius 2 is 0.333 bits per heavy atom. The van der Waals surface area contributed by atoms with Crippen LogP contribution in [0.25, 0.3) is 0 Å². The molecule has 0 spiro atoms. The van der Waals surface area contributed by atoms with Gasteiger partial charge in [0.2, 0.25) is 0 Å². The van der Waals surface area contributed by atoms with Crippen LogP contribution in [0.5, 0.6) is 0 Å². The molecule has 0 aliphatic carbocycles. The molecule has 84 heavy (non-hydrogen) atoms. The van der Waals surface area contributed by atoms with Gasteiger partial charge in [-0.3, -0.25) is 4.18 Å². The fourth-order valence-corrected chi connectivity index (χ4v) is 6.44. The van der Waals surface area contributed by atoms with E-state index in [4.69, 9.17) is 114 Å². The predicted octanol–water partition coefficient (Wildman–Crippen LogP) is 1.56. The van der Waals surface area contributed by atoms with Crippen LogP contribution < -0.4 is 0 Å². The second-order valence-corrected chi connectivity index (χ2v) is 18.8. The van der Waals surface area contributed by atoms with E-state index < -0.39 is 10.1 Å². The highest BCUT2D eigenvalue weighted by atomic mass is 32.2. The highest BCUT2D eigenvalue weighted by molar-refractivity contribution is 7.85. The molecule has 0 aliphatic heterocycles. The number of benzene rings is 1. The summed E-state index contributed by atoms with van der Waals surface area (Å²) in [6.45, 7) is 22.8. The third-order valence-electron chi connectivity index (χ3n) is 10.2. The van der Waals surface area contributed by atoms with Gasteiger partial charge in [-0.15, -0.1) is 0 Å². The van der Waals surface area contributed by atoms with Crippen molar-refractivity contribution >= 4 is 10.1 Å². The Kier molecular flexibility index (Phi) is 67.1. The maximum atomic E-state index is 10.8. The Labute approximate surface area is 500 Å². The van der Waals surface area contributed by atoms with Crippen LogP contribution in [0.2, 0.25) is 0 Å². The molecule has 0 radical (unpaired) electrons. The second-order valence-electron chi connectivity index (χ2n) is 17.1. The molecule has 1 rings (SSSR count). The number of ether oxygens (including phenoxy) is 24. The Bertz CT molecular complexity index is 1480. The van der Waals surface area contributed by atoms with Crippen LogP contribution in [0.3, 0.4) is 0 Å². The van der Waals surface area contributed by atoms with Gasteiger partial charge in [0.05, 0.1) is 330 Å². The molecule has 0 fully saturated rings. The van der Waals surface area contributed by atoms with Crippen LogP contribution in [-0.2, 0) is 135 Å². The first-order valence-electron chi connectivity index (χ1n) is 29.3. The third kappa shape index (κ3) is 70.9. The van der Waals surface area contributed by atoms with Crippen molar-refractivity contribution in [3.8, 4) is 0 Å². The molecule has 0 saturated carbocycles. The average molecular weight is 1240 g/mol. The van der Waals surface area contributed by atoms with Crippen molar-refractivity contribution in [3.05, 3.63) is 35.9 Å². The molecule has 27 nitrogen and oxygen atoms in total. The summed E-state index contributed by atoms with van der Waals surface area (Å²) in [5, 5.41) is 0. The van der Waals surface area contributed by atoms with E-state index in [9.17, 15) is 8.42 Å². The fraction of sp³-hybridized carbons (Fsp3) is 0.893. The standard InChI is InChI=1S/C56H106O27S/c1-84(57,58)83-54-53-81-50-49-79-46-45-77-42-41-75-38-37-73-34-33-71-30-29-69-26-25-67-22-21-65-18-17-63-14-13-61-10-9-59-7-8-60-11-12-62-15-16-64-19-20-66-23-24-68-27-28-70-31-32-72-35-36-74-39-40-76-43-44-78-47-48-80-51-52-82-55-56-5-3-2-4-6-56/h2-6H,7-55H2,1H3. The first-order chi connectivity index (χ1) is 41.6. The van der Waals surface area contributed by atoms with E-state index >= 15 is 0 Å². The van der Waals surface area contributed by atoms with Gasteiger partial charge in [-0.05, 0) is 5.56 Å². The summed E-state index contributed by atoms with van der Waals surface area (Å²) >= 11 is 0. The molecule has 28 heteroatoms. The lowest BCUT2D eigenvalue weighted by Gasteiger charge is -2.09. The largest absolute Gasteiger partial charge is 0.377 e. The maximum absolute atomic E-state index is 10.8. The van der Waals surface area contributed by atoms with E-state index in [1.165, 1.54) is 0 Å². The molecule has 0 atom stereocenters. The molecule has 0 bridgehead atoms. The minimum absolute atomic E-state index is 0.0109. The van der Waals surface area contributed by atoms with Gasteiger partial charge in [-0.25, -0.2) is 0 Å². The van der Waals surface area contributed by atoms with Gasteiger partial charge >= 0.3 is 0 Å². The minimum atomic E-state index is -3.44. The van der Waals surface area contributed by atoms with E-state index in [0.29, 0.717) is 311 Å². The van der Waals surface area contributed by atoms with Gasteiger partial charge in [-0.1, -0.05) is 30.3 Å². The van der Waals surface area contributed by atoms with Crippen LogP contribution in [0, 0.1) is 0 Å². The first-order valence-corrected chi connectivity index (χ1v) is 31.1. The average Bonchev–Trinajstić information content (AvgIpc) is 3.50. The minimum Gasteiger partial charge on any atom is -0.377 e. The van der Waals surface area contributed by atoms with E-state index in [2.05, 4.69) is 4.18 Å². The Morgan fingerprint density at radius 3 is 0.476 bits per heavy atom. The summed E-state index contributed by atoms with van der Waals surface area (Å²) in [5.74, 6) is 0. The summed E-state index contributed by atoms with van der Waals surface area (Å²) in [6.07, 6.45) is 0.994. The summed E-state index contributed by atoms with van der Waals surface area (Å²) < 4.78 is 158. The van der Waals surface area contributed by atoms with E-state index in [1.807, 2.05) is 30.3 Å². The van der Waals surface area contributed by atoms with Crippen molar-refractivity contribution in [2.24, 2.45) is 0 Å². The summed E-state index contributed by atoms with van der Waals surface area (Å²) in [5.41, 5.74) is 1.15. The molecule has 1 aromatic carbocycles. The van der Waals surface area contributed by atoms with Crippen molar-refractivity contribution in [1.82, 2.24) is 0 Å². The number of hydrogen-bond acceptors (Lipinski definition) is 27. The highest BCUT2D eigenvalue weighted by Gasteiger charge is 2.03. The molecule has 0 saturated heterocycles. The van der Waals surface area contributed by atoms with E-state index in [-0.39, 0.29) is 13.2 Å². The molecule has 0 aromatic heterocycles. The zero-order valence-electron chi connectivity index (χ0n) is 50.5. The van der Waals surface area contributed by atoms with Crippen LogP contribution in [0.4, 0.5) is 0 Å². The number of rotatable bonds is 75. The SMILES string of the molecule is CS(=O)(=O)OCCOCCOCCOCCOCCOCCOCCOCCOCCOCCOCCOCCOCCOCCOCCOCCOCCOCCOCCOCCOCCOCCOCCOCCOCc1ccccc1. The Hall–Kier alpha value is -1.83. The highest BCUT2D eigenvalue weighted by Crippen LogP contribution is 2.00. The molecule has 0 N–H and O–H groups in total. The predicted molar refractivity (Wildman–Crippen MR) is 306 cm³/mol. The molecule has 0 heterocycles. The molecule has 0 aliphatic rings. The maximum Gasteiger partial charge on any atom is 0.264 e. The third-order valence-corrected chi connectivity index (χ3v) is 10.8. The van der Waals surface area contributed by atoms with Gasteiger partial charge < -0.3 is 114 Å². The summed E-state index contributed by atoms with van der Waals surface area (Å²) in [6, 6.07) is 10.1. The van der Waals surface area contributed by atoms with Gasteiger partial charge in [0.15, 0.2) is 0 Å². The van der Waals surface area contributed by atoms with E-state index in [0.717, 1.165) is 11.8 Å². The Morgan fingerprint density at radius 1 is 0.202 bits per heavy atom. The second kappa shape index (κ2) is 70.3. The lowest BCUT2D eigenvalue weighted by molar-refractivity contribution is -0.0320. The monoisotopic (exact) mass is 1240 g/mol. The van der Waals surface area contributed by atoms with Crippen molar-refractivity contribution in [2.75, 3.05) is 323 Å². The zero-order chi connectivity index (χ0) is 59.9. The van der Waals surface area contributed by atoms with Crippen molar-refractivity contribution in [2.45, 2.75) is 6.61 Å². The van der Waals surface area contributed by atoms with Gasteiger partial charge in [-0.2, -0.15) is 8.42 Å². The molecule has 1 aromatic rings. The smallest absolute Gasteiger partial charge is 0.264 e. The molecule has 498 valence electrons. The van der Waals surface area contributed by atoms with Gasteiger partial charge in [0, 0.05) is 0 Å². The van der Waals surface area contributed by atoms with E-state index in [1.54, 1.807) is 0 Å². The molecule has 0 amide bonds. The van der Waals surface area contributed by atoms with Crippen LogP contribution in [0.1, 0.15) is 5.56 Å². The number of hydrogen-bond donors (Lipinski definition) is 0. The van der Waals surface area contributed by atoms with Crippen LogP contribution in [-0.4, -0.2) is 332 Å². The zero-order valence-corrected chi connectivity index (χ0v) is 51.3. The van der Waals surface area contributed by atoms with Crippen LogP contribution in [0.15, 0.2) is 30.3 Å². The normalized spacial score (nSPS) is 11.9. The fourth-order valence-electron chi connectivity index (χ4n) is 6.07. The van der Waals surface area contributed by atoms with Gasteiger partial charge in [0.1, 0.15) is 0 Å². The lowest BCUT2D eigenvalue weighted by atomic mass is 10.2. The summed E-state index contributed by atoms with van der Waals surface area (Å²) in [4.78, 5) is 0. The molecular formula is C56H106O27S. The lowest BCUT2D eigenvalue weighted by Crippen LogP contribution is -2.16. The quantitative estimate of drug-likeness (QED) is 0.0662. The van der Waals surface area contributed by atoms with Crippen LogP contribution >= 0.6 is 0 Å². The Balaban J connectivity index is 1.58. The van der Waals surface area contributed by atoms with Crippen molar-refractivity contribution < 1.29 is 126 Å².